The van der Waals surface area contributed by atoms with E-state index in [1.807, 2.05) is 54.9 Å². The van der Waals surface area contributed by atoms with Crippen LogP contribution in [0.2, 0.25) is 0 Å². The SMILES string of the molecule is Nc1nc2ccccc2c2c1ncn2CCCCCNC(=O)c1ccccc1. The lowest BCUT2D eigenvalue weighted by atomic mass is 10.1. The van der Waals surface area contributed by atoms with Gasteiger partial charge in [-0.05, 0) is 37.5 Å². The molecule has 6 heteroatoms. The van der Waals surface area contributed by atoms with Crippen molar-refractivity contribution in [2.24, 2.45) is 0 Å². The fourth-order valence-electron chi connectivity index (χ4n) is 3.45. The minimum atomic E-state index is -0.0179. The van der Waals surface area contributed by atoms with E-state index in [2.05, 4.69) is 25.9 Å². The van der Waals surface area contributed by atoms with Crippen LogP contribution in [0.3, 0.4) is 0 Å². The Hall–Kier alpha value is -3.41. The number of para-hydroxylation sites is 1. The van der Waals surface area contributed by atoms with Crippen LogP contribution in [-0.2, 0) is 6.54 Å². The summed E-state index contributed by atoms with van der Waals surface area (Å²) in [4.78, 5) is 20.9. The molecule has 142 valence electrons. The average Bonchev–Trinajstić information content (AvgIpc) is 3.16. The van der Waals surface area contributed by atoms with E-state index in [0.29, 0.717) is 17.9 Å². The van der Waals surface area contributed by atoms with E-state index in [0.717, 1.165) is 47.7 Å². The van der Waals surface area contributed by atoms with Gasteiger partial charge in [-0.2, -0.15) is 0 Å². The summed E-state index contributed by atoms with van der Waals surface area (Å²) in [7, 11) is 0. The van der Waals surface area contributed by atoms with E-state index in [4.69, 9.17) is 5.73 Å². The first-order valence-corrected chi connectivity index (χ1v) is 9.56. The van der Waals surface area contributed by atoms with E-state index in [-0.39, 0.29) is 5.91 Å². The molecule has 28 heavy (non-hydrogen) atoms. The number of aryl methyl sites for hydroxylation is 1. The number of rotatable bonds is 7. The number of nitrogens with two attached hydrogens (primary N) is 1. The second-order valence-corrected chi connectivity index (χ2v) is 6.83. The van der Waals surface area contributed by atoms with E-state index in [1.54, 1.807) is 0 Å². The number of fused-ring (bicyclic) bond motifs is 3. The molecule has 2 heterocycles. The fraction of sp³-hybridized carbons (Fsp3) is 0.227. The van der Waals surface area contributed by atoms with Crippen molar-refractivity contribution < 1.29 is 4.79 Å². The highest BCUT2D eigenvalue weighted by Gasteiger charge is 2.11. The van der Waals surface area contributed by atoms with Crippen molar-refractivity contribution >= 4 is 33.7 Å². The highest BCUT2D eigenvalue weighted by atomic mass is 16.1. The van der Waals surface area contributed by atoms with Crippen LogP contribution in [0, 0.1) is 0 Å². The van der Waals surface area contributed by atoms with E-state index >= 15 is 0 Å². The monoisotopic (exact) mass is 373 g/mol. The lowest BCUT2D eigenvalue weighted by Crippen LogP contribution is -2.24. The number of pyridine rings is 1. The minimum absolute atomic E-state index is 0.0179. The van der Waals surface area contributed by atoms with Gasteiger partial charge in [0.25, 0.3) is 5.91 Å². The van der Waals surface area contributed by atoms with Crippen molar-refractivity contribution in [2.75, 3.05) is 12.3 Å². The van der Waals surface area contributed by atoms with Crippen LogP contribution in [0.5, 0.6) is 0 Å². The number of carbonyl (C=O) groups is 1. The smallest absolute Gasteiger partial charge is 0.251 e. The third-order valence-electron chi connectivity index (χ3n) is 4.88. The number of nitrogen functional groups attached to an aromatic ring is 1. The van der Waals surface area contributed by atoms with Crippen LogP contribution < -0.4 is 11.1 Å². The van der Waals surface area contributed by atoms with Crippen molar-refractivity contribution in [1.82, 2.24) is 19.9 Å². The molecule has 0 bridgehead atoms. The van der Waals surface area contributed by atoms with Crippen LogP contribution in [0.15, 0.2) is 60.9 Å². The zero-order valence-corrected chi connectivity index (χ0v) is 15.6. The van der Waals surface area contributed by atoms with Crippen LogP contribution in [-0.4, -0.2) is 27.0 Å². The molecule has 0 saturated heterocycles. The topological polar surface area (TPSA) is 85.8 Å². The molecule has 0 atom stereocenters. The zero-order chi connectivity index (χ0) is 19.3. The maximum absolute atomic E-state index is 12.0. The first kappa shape index (κ1) is 18.0. The zero-order valence-electron chi connectivity index (χ0n) is 15.6. The van der Waals surface area contributed by atoms with Gasteiger partial charge in [0.15, 0.2) is 5.82 Å². The van der Waals surface area contributed by atoms with Crippen LogP contribution in [0.4, 0.5) is 5.82 Å². The number of unbranched alkanes of at least 4 members (excludes halogenated alkanes) is 2. The molecule has 6 nitrogen and oxygen atoms in total. The maximum atomic E-state index is 12.0. The molecule has 0 saturated carbocycles. The Morgan fingerprint density at radius 1 is 1.00 bits per heavy atom. The average molecular weight is 373 g/mol. The quantitative estimate of drug-likeness (QED) is 0.483. The van der Waals surface area contributed by atoms with Gasteiger partial charge in [0, 0.05) is 24.0 Å². The van der Waals surface area contributed by atoms with Gasteiger partial charge in [-0.3, -0.25) is 4.79 Å². The van der Waals surface area contributed by atoms with Crippen molar-refractivity contribution in [1.29, 1.82) is 0 Å². The molecule has 0 fully saturated rings. The summed E-state index contributed by atoms with van der Waals surface area (Å²) in [5.41, 5.74) is 9.47. The van der Waals surface area contributed by atoms with Crippen molar-refractivity contribution in [3.8, 4) is 0 Å². The second kappa shape index (κ2) is 8.08. The van der Waals surface area contributed by atoms with Gasteiger partial charge in [-0.15, -0.1) is 0 Å². The molecule has 2 aromatic carbocycles. The number of imidazole rings is 1. The van der Waals surface area contributed by atoms with Crippen LogP contribution >= 0.6 is 0 Å². The molecule has 0 radical (unpaired) electrons. The number of nitrogens with one attached hydrogen (secondary N) is 1. The highest BCUT2D eigenvalue weighted by molar-refractivity contribution is 6.06. The maximum Gasteiger partial charge on any atom is 0.251 e. The molecule has 0 spiro atoms. The van der Waals surface area contributed by atoms with Crippen molar-refractivity contribution in [2.45, 2.75) is 25.8 Å². The molecular formula is C22H23N5O. The molecule has 4 rings (SSSR count). The summed E-state index contributed by atoms with van der Waals surface area (Å²) >= 11 is 0. The van der Waals surface area contributed by atoms with Gasteiger partial charge in [-0.1, -0.05) is 36.4 Å². The number of carbonyl (C=O) groups excluding carboxylic acids is 1. The molecule has 0 aliphatic heterocycles. The number of hydrogen-bond donors (Lipinski definition) is 2. The predicted octanol–water partition coefficient (Wildman–Crippen LogP) is 3.77. The van der Waals surface area contributed by atoms with Gasteiger partial charge in [-0.25, -0.2) is 9.97 Å². The number of amides is 1. The van der Waals surface area contributed by atoms with Crippen LogP contribution in [0.25, 0.3) is 21.9 Å². The number of hydrogen-bond acceptors (Lipinski definition) is 4. The second-order valence-electron chi connectivity index (χ2n) is 6.83. The van der Waals surface area contributed by atoms with E-state index < -0.39 is 0 Å². The summed E-state index contributed by atoms with van der Waals surface area (Å²) in [5.74, 6) is 0.451. The van der Waals surface area contributed by atoms with Gasteiger partial charge in [0.2, 0.25) is 0 Å². The van der Waals surface area contributed by atoms with Gasteiger partial charge in [0.1, 0.15) is 5.52 Å². The summed E-state index contributed by atoms with van der Waals surface area (Å²) in [6.45, 7) is 1.54. The summed E-state index contributed by atoms with van der Waals surface area (Å²) in [6, 6.07) is 17.3. The normalized spacial score (nSPS) is 11.1. The minimum Gasteiger partial charge on any atom is -0.382 e. The van der Waals surface area contributed by atoms with Crippen molar-refractivity contribution in [3.63, 3.8) is 0 Å². The summed E-state index contributed by atoms with van der Waals surface area (Å²) in [5, 5.41) is 4.04. The number of aromatic nitrogens is 3. The first-order chi connectivity index (χ1) is 13.7. The number of nitrogens with zero attached hydrogens (tertiary/aromatic N) is 3. The van der Waals surface area contributed by atoms with E-state index in [1.165, 1.54) is 0 Å². The Morgan fingerprint density at radius 3 is 2.64 bits per heavy atom. The molecule has 0 unspecified atom stereocenters. The molecule has 1 amide bonds. The van der Waals surface area contributed by atoms with Gasteiger partial charge < -0.3 is 15.6 Å². The Balaban J connectivity index is 1.33. The van der Waals surface area contributed by atoms with Crippen LogP contribution in [0.1, 0.15) is 29.6 Å². The number of anilines is 1. The number of benzene rings is 2. The molecule has 4 aromatic rings. The molecule has 0 aliphatic rings. The highest BCUT2D eigenvalue weighted by Crippen LogP contribution is 2.27. The Labute approximate surface area is 163 Å². The van der Waals surface area contributed by atoms with Gasteiger partial charge >= 0.3 is 0 Å². The standard InChI is InChI=1S/C22H23N5O/c23-21-19-20(17-11-5-6-12-18(17)26-21)27(15-25-19)14-8-2-7-13-24-22(28)16-9-3-1-4-10-16/h1,3-6,9-12,15H,2,7-8,13-14H2,(H2,23,26)(H,24,28). The summed E-state index contributed by atoms with van der Waals surface area (Å²) in [6.07, 6.45) is 4.80. The summed E-state index contributed by atoms with van der Waals surface area (Å²) < 4.78 is 2.15. The third-order valence-corrected chi connectivity index (χ3v) is 4.88. The lowest BCUT2D eigenvalue weighted by Gasteiger charge is -2.08. The fourth-order valence-corrected chi connectivity index (χ4v) is 3.45. The Bertz CT molecular complexity index is 1100. The molecule has 2 aromatic heterocycles. The van der Waals surface area contributed by atoms with Crippen molar-refractivity contribution in [3.05, 3.63) is 66.5 Å². The molecular weight excluding hydrogens is 350 g/mol. The molecule has 3 N–H and O–H groups in total. The van der Waals surface area contributed by atoms with Gasteiger partial charge in [0.05, 0.1) is 17.4 Å². The Morgan fingerprint density at radius 2 is 1.79 bits per heavy atom. The Kier molecular flexibility index (Phi) is 5.19. The predicted molar refractivity (Wildman–Crippen MR) is 112 cm³/mol. The first-order valence-electron chi connectivity index (χ1n) is 9.56. The molecule has 0 aliphatic carbocycles. The lowest BCUT2D eigenvalue weighted by molar-refractivity contribution is 0.0953. The largest absolute Gasteiger partial charge is 0.382 e. The van der Waals surface area contributed by atoms with E-state index in [9.17, 15) is 4.79 Å². The third kappa shape index (κ3) is 3.67.